The van der Waals surface area contributed by atoms with Crippen molar-refractivity contribution >= 4 is 22.5 Å². The molecule has 0 amide bonds. The Labute approximate surface area is 169 Å². The summed E-state index contributed by atoms with van der Waals surface area (Å²) in [6, 6.07) is 12.6. The molecule has 3 aromatic rings. The smallest absolute Gasteiger partial charge is 0.123 e. The fraction of sp³-hybridized carbons (Fsp3) is 0.391. The average Bonchev–Trinajstić information content (AvgIpc) is 2.97. The summed E-state index contributed by atoms with van der Waals surface area (Å²) in [5.74, 6) is 0.208. The molecule has 0 saturated carbocycles. The van der Waals surface area contributed by atoms with Gasteiger partial charge in [0.1, 0.15) is 11.4 Å². The van der Waals surface area contributed by atoms with Gasteiger partial charge in [0.05, 0.1) is 12.6 Å². The molecule has 3 atom stereocenters. The molecule has 3 nitrogen and oxygen atoms in total. The molecule has 1 saturated heterocycles. The normalized spacial score (nSPS) is 23.8. The lowest BCUT2D eigenvalue weighted by Crippen LogP contribution is -2.41. The molecule has 1 N–H and O–H groups in total. The summed E-state index contributed by atoms with van der Waals surface area (Å²) in [5.41, 5.74) is 3.44. The molecule has 146 valence electrons. The Hall–Kier alpha value is -1.88. The highest BCUT2D eigenvalue weighted by atomic mass is 35.5. The van der Waals surface area contributed by atoms with Crippen LogP contribution in [0.2, 0.25) is 5.02 Å². The van der Waals surface area contributed by atoms with Crippen LogP contribution in [0.4, 0.5) is 4.39 Å². The van der Waals surface area contributed by atoms with E-state index in [4.69, 9.17) is 11.6 Å². The SMILES string of the molecule is CN1CC2CCC1c1c2c2cc(Cl)ccc2n1CC(C)(O)c1ccc(F)cc1. The highest BCUT2D eigenvalue weighted by Gasteiger charge is 2.41. The number of nitrogens with zero attached hydrogens (tertiary/aromatic N) is 2. The number of hydrogen-bond acceptors (Lipinski definition) is 2. The van der Waals surface area contributed by atoms with Gasteiger partial charge in [-0.1, -0.05) is 23.7 Å². The Morgan fingerprint density at radius 1 is 1.18 bits per heavy atom. The molecule has 3 aliphatic rings. The number of fused-ring (bicyclic) bond motifs is 3. The molecule has 1 aromatic heterocycles. The van der Waals surface area contributed by atoms with Crippen LogP contribution in [0.25, 0.3) is 10.9 Å². The van der Waals surface area contributed by atoms with Gasteiger partial charge in [0.15, 0.2) is 0 Å². The van der Waals surface area contributed by atoms with Crippen LogP contribution in [0.3, 0.4) is 0 Å². The largest absolute Gasteiger partial charge is 0.384 e. The summed E-state index contributed by atoms with van der Waals surface area (Å²) in [5, 5.41) is 13.3. The van der Waals surface area contributed by atoms with Gasteiger partial charge in [-0.25, -0.2) is 4.39 Å². The fourth-order valence-electron chi connectivity index (χ4n) is 5.27. The molecule has 1 fully saturated rings. The van der Waals surface area contributed by atoms with E-state index in [-0.39, 0.29) is 5.82 Å². The van der Waals surface area contributed by atoms with Gasteiger partial charge in [-0.3, -0.25) is 4.90 Å². The Morgan fingerprint density at radius 2 is 1.93 bits per heavy atom. The van der Waals surface area contributed by atoms with Crippen LogP contribution in [-0.2, 0) is 12.1 Å². The van der Waals surface area contributed by atoms with Crippen LogP contribution >= 0.6 is 11.6 Å². The first-order chi connectivity index (χ1) is 13.3. The molecule has 2 aliphatic heterocycles. The molecule has 2 bridgehead atoms. The second kappa shape index (κ2) is 6.31. The van der Waals surface area contributed by atoms with E-state index in [2.05, 4.69) is 28.6 Å². The van der Waals surface area contributed by atoms with Crippen molar-refractivity contribution in [1.29, 1.82) is 0 Å². The van der Waals surface area contributed by atoms with E-state index >= 15 is 0 Å². The van der Waals surface area contributed by atoms with Gasteiger partial charge in [0, 0.05) is 28.2 Å². The molecule has 3 heterocycles. The minimum atomic E-state index is -1.11. The summed E-state index contributed by atoms with van der Waals surface area (Å²) in [7, 11) is 2.19. The van der Waals surface area contributed by atoms with Crippen molar-refractivity contribution in [3.8, 4) is 0 Å². The quantitative estimate of drug-likeness (QED) is 0.656. The number of rotatable bonds is 3. The minimum absolute atomic E-state index is 0.295. The van der Waals surface area contributed by atoms with E-state index in [9.17, 15) is 9.50 Å². The molecule has 28 heavy (non-hydrogen) atoms. The van der Waals surface area contributed by atoms with E-state index in [1.807, 2.05) is 6.07 Å². The summed E-state index contributed by atoms with van der Waals surface area (Å²) >= 11 is 6.34. The summed E-state index contributed by atoms with van der Waals surface area (Å²) in [6.45, 7) is 3.29. The van der Waals surface area contributed by atoms with Crippen LogP contribution in [-0.4, -0.2) is 28.2 Å². The lowest BCUT2D eigenvalue weighted by molar-refractivity contribution is 0.0355. The third-order valence-electron chi connectivity index (χ3n) is 6.59. The number of likely N-dealkylation sites (N-methyl/N-ethyl adjacent to an activating group) is 1. The number of benzene rings is 2. The monoisotopic (exact) mass is 398 g/mol. The Balaban J connectivity index is 1.69. The molecular formula is C23H24ClFN2O. The molecule has 3 unspecified atom stereocenters. The Morgan fingerprint density at radius 3 is 2.64 bits per heavy atom. The van der Waals surface area contributed by atoms with Crippen molar-refractivity contribution in [2.75, 3.05) is 13.6 Å². The lowest BCUT2D eigenvalue weighted by Gasteiger charge is -2.44. The molecule has 0 spiro atoms. The molecular weight excluding hydrogens is 375 g/mol. The van der Waals surface area contributed by atoms with Gasteiger partial charge in [-0.15, -0.1) is 0 Å². The average molecular weight is 399 g/mol. The van der Waals surface area contributed by atoms with Crippen LogP contribution < -0.4 is 0 Å². The van der Waals surface area contributed by atoms with E-state index < -0.39 is 5.60 Å². The van der Waals surface area contributed by atoms with Crippen molar-refractivity contribution in [3.63, 3.8) is 0 Å². The predicted molar refractivity (Wildman–Crippen MR) is 110 cm³/mol. The minimum Gasteiger partial charge on any atom is -0.384 e. The first-order valence-corrected chi connectivity index (χ1v) is 10.2. The van der Waals surface area contributed by atoms with Crippen LogP contribution in [0.15, 0.2) is 42.5 Å². The maximum absolute atomic E-state index is 13.4. The lowest BCUT2D eigenvalue weighted by atomic mass is 9.77. The van der Waals surface area contributed by atoms with Crippen molar-refractivity contribution in [1.82, 2.24) is 9.47 Å². The van der Waals surface area contributed by atoms with Crippen LogP contribution in [0.1, 0.15) is 48.5 Å². The van der Waals surface area contributed by atoms with E-state index in [1.54, 1.807) is 19.1 Å². The molecule has 6 rings (SSSR count). The van der Waals surface area contributed by atoms with Gasteiger partial charge in [0.2, 0.25) is 0 Å². The highest BCUT2D eigenvalue weighted by molar-refractivity contribution is 6.31. The summed E-state index contributed by atoms with van der Waals surface area (Å²) < 4.78 is 15.6. The van der Waals surface area contributed by atoms with Crippen molar-refractivity contribution in [2.45, 2.75) is 43.9 Å². The maximum atomic E-state index is 13.4. The molecule has 2 aromatic carbocycles. The second-order valence-corrected chi connectivity index (χ2v) is 8.99. The molecule has 5 heteroatoms. The Bertz CT molecular complexity index is 1060. The third-order valence-corrected chi connectivity index (χ3v) is 6.83. The number of aliphatic hydroxyl groups is 1. The van der Waals surface area contributed by atoms with Crippen molar-refractivity contribution in [2.24, 2.45) is 0 Å². The van der Waals surface area contributed by atoms with Crippen LogP contribution in [0.5, 0.6) is 0 Å². The maximum Gasteiger partial charge on any atom is 0.123 e. The van der Waals surface area contributed by atoms with E-state index in [1.165, 1.54) is 35.2 Å². The second-order valence-electron chi connectivity index (χ2n) is 8.56. The zero-order chi connectivity index (χ0) is 19.6. The zero-order valence-electron chi connectivity index (χ0n) is 16.1. The van der Waals surface area contributed by atoms with Crippen molar-refractivity contribution < 1.29 is 9.50 Å². The van der Waals surface area contributed by atoms with Gasteiger partial charge >= 0.3 is 0 Å². The first-order valence-electron chi connectivity index (χ1n) is 9.85. The number of hydrogen-bond donors (Lipinski definition) is 1. The summed E-state index contributed by atoms with van der Waals surface area (Å²) in [4.78, 5) is 2.43. The number of aromatic nitrogens is 1. The van der Waals surface area contributed by atoms with Gasteiger partial charge in [-0.05, 0) is 74.2 Å². The fourth-order valence-corrected chi connectivity index (χ4v) is 5.44. The Kier molecular flexibility index (Phi) is 4.10. The van der Waals surface area contributed by atoms with E-state index in [0.29, 0.717) is 24.1 Å². The van der Waals surface area contributed by atoms with Gasteiger partial charge < -0.3 is 9.67 Å². The zero-order valence-corrected chi connectivity index (χ0v) is 16.9. The standard InChI is InChI=1S/C23H24ClFN2O/c1-23(28,15-4-7-17(25)8-5-15)13-27-19-10-6-16(24)11-18(19)21-14-3-9-20(22(21)27)26(2)12-14/h4-8,10-11,14,20,28H,3,9,12-13H2,1-2H3. The molecule has 0 radical (unpaired) electrons. The van der Waals surface area contributed by atoms with Gasteiger partial charge in [-0.2, -0.15) is 0 Å². The first kappa shape index (κ1) is 18.2. The van der Waals surface area contributed by atoms with E-state index in [0.717, 1.165) is 23.5 Å². The number of halogens is 2. The van der Waals surface area contributed by atoms with Crippen molar-refractivity contribution in [3.05, 3.63) is 70.1 Å². The third kappa shape index (κ3) is 2.70. The summed E-state index contributed by atoms with van der Waals surface area (Å²) in [6.07, 6.45) is 2.33. The molecule has 1 aliphatic carbocycles. The predicted octanol–water partition coefficient (Wildman–Crippen LogP) is 5.21. The van der Waals surface area contributed by atoms with Gasteiger partial charge in [0.25, 0.3) is 0 Å². The van der Waals surface area contributed by atoms with Crippen LogP contribution in [0, 0.1) is 5.82 Å². The topological polar surface area (TPSA) is 28.4 Å². The highest BCUT2D eigenvalue weighted by Crippen LogP contribution is 2.50. The number of piperidine rings is 1.